The van der Waals surface area contributed by atoms with E-state index < -0.39 is 12.0 Å². The molecule has 136 valence electrons. The first kappa shape index (κ1) is 17.9. The Morgan fingerprint density at radius 2 is 1.96 bits per heavy atom. The first-order valence-corrected chi connectivity index (χ1v) is 8.06. The number of fused-ring (bicyclic) bond motifs is 1. The minimum absolute atomic E-state index is 0.0514. The molecule has 2 aromatic heterocycles. The molecule has 3 aromatic rings. The van der Waals surface area contributed by atoms with Crippen LogP contribution in [0, 0.1) is 6.92 Å². The van der Waals surface area contributed by atoms with E-state index in [0.29, 0.717) is 0 Å². The molecule has 3 rings (SSSR count). The second kappa shape index (κ2) is 7.15. The van der Waals surface area contributed by atoms with Crippen LogP contribution in [0.1, 0.15) is 17.0 Å². The maximum atomic E-state index is 13.2. The first-order valence-electron chi connectivity index (χ1n) is 8.06. The van der Waals surface area contributed by atoms with Crippen molar-refractivity contribution in [2.45, 2.75) is 26.1 Å². The third-order valence-corrected chi connectivity index (χ3v) is 4.03. The van der Waals surface area contributed by atoms with E-state index >= 15 is 0 Å². The molecule has 0 aliphatic rings. The number of carbonyl (C=O) groups excluding carboxylic acids is 1. The third-order valence-electron chi connectivity index (χ3n) is 4.03. The van der Waals surface area contributed by atoms with Gasteiger partial charge in [0.25, 0.3) is 0 Å². The molecule has 0 aliphatic heterocycles. The molecule has 26 heavy (non-hydrogen) atoms. The van der Waals surface area contributed by atoms with Crippen LogP contribution in [0.2, 0.25) is 0 Å². The summed E-state index contributed by atoms with van der Waals surface area (Å²) in [5.41, 5.74) is 2.20. The highest BCUT2D eigenvalue weighted by Crippen LogP contribution is 2.30. The molecule has 1 N–H and O–H groups in total. The van der Waals surface area contributed by atoms with Crippen LogP contribution in [0.3, 0.4) is 0 Å². The summed E-state index contributed by atoms with van der Waals surface area (Å²) in [6.07, 6.45) is -3.00. The van der Waals surface area contributed by atoms with E-state index in [9.17, 15) is 18.0 Å². The molecule has 5 nitrogen and oxygen atoms in total. The molecular weight excluding hydrogens is 345 g/mol. The number of benzene rings is 1. The SMILES string of the molecule is Cc1ccccc1CC(=O)NCCn1c(C(F)(F)F)nc2cccnc21. The van der Waals surface area contributed by atoms with Gasteiger partial charge in [-0.05, 0) is 30.2 Å². The van der Waals surface area contributed by atoms with Gasteiger partial charge in [0, 0.05) is 19.3 Å². The molecule has 0 atom stereocenters. The summed E-state index contributed by atoms with van der Waals surface area (Å²) in [5, 5.41) is 2.66. The third kappa shape index (κ3) is 3.84. The summed E-state index contributed by atoms with van der Waals surface area (Å²) >= 11 is 0. The maximum absolute atomic E-state index is 13.2. The van der Waals surface area contributed by atoms with Crippen molar-refractivity contribution in [1.82, 2.24) is 19.9 Å². The zero-order valence-corrected chi connectivity index (χ0v) is 14.0. The van der Waals surface area contributed by atoms with Crippen molar-refractivity contribution in [2.75, 3.05) is 6.54 Å². The van der Waals surface area contributed by atoms with E-state index in [1.165, 1.54) is 18.3 Å². The van der Waals surface area contributed by atoms with E-state index in [2.05, 4.69) is 15.3 Å². The molecule has 0 spiro atoms. The molecule has 0 bridgehead atoms. The highest BCUT2D eigenvalue weighted by Gasteiger charge is 2.37. The molecular formula is C18H17F3N4O. The smallest absolute Gasteiger partial charge is 0.354 e. The van der Waals surface area contributed by atoms with Crippen molar-refractivity contribution in [3.05, 3.63) is 59.5 Å². The van der Waals surface area contributed by atoms with Gasteiger partial charge in [-0.25, -0.2) is 9.97 Å². The van der Waals surface area contributed by atoms with Gasteiger partial charge in [0.1, 0.15) is 5.52 Å². The zero-order chi connectivity index (χ0) is 18.7. The van der Waals surface area contributed by atoms with Gasteiger partial charge >= 0.3 is 6.18 Å². The number of nitrogens with one attached hydrogen (secondary N) is 1. The van der Waals surface area contributed by atoms with Crippen LogP contribution in [0.15, 0.2) is 42.6 Å². The molecule has 0 saturated carbocycles. The number of alkyl halides is 3. The molecule has 8 heteroatoms. The van der Waals surface area contributed by atoms with Crippen molar-refractivity contribution < 1.29 is 18.0 Å². The molecule has 0 saturated heterocycles. The van der Waals surface area contributed by atoms with E-state index in [-0.39, 0.29) is 36.6 Å². The second-order valence-electron chi connectivity index (χ2n) is 5.88. The van der Waals surface area contributed by atoms with Gasteiger partial charge in [0.2, 0.25) is 11.7 Å². The predicted molar refractivity (Wildman–Crippen MR) is 90.4 cm³/mol. The Balaban J connectivity index is 1.70. The number of hydrogen-bond acceptors (Lipinski definition) is 3. The number of carbonyl (C=O) groups is 1. The van der Waals surface area contributed by atoms with Gasteiger partial charge in [-0.2, -0.15) is 13.2 Å². The lowest BCUT2D eigenvalue weighted by Crippen LogP contribution is -2.30. The van der Waals surface area contributed by atoms with Gasteiger partial charge in [0.05, 0.1) is 6.42 Å². The number of pyridine rings is 1. The molecule has 2 heterocycles. The van der Waals surface area contributed by atoms with Gasteiger partial charge in [-0.15, -0.1) is 0 Å². The summed E-state index contributed by atoms with van der Waals surface area (Å²) in [5.74, 6) is -1.26. The van der Waals surface area contributed by atoms with E-state index in [1.807, 2.05) is 31.2 Å². The van der Waals surface area contributed by atoms with Crippen LogP contribution in [0.5, 0.6) is 0 Å². The Morgan fingerprint density at radius 1 is 1.19 bits per heavy atom. The van der Waals surface area contributed by atoms with Crippen LogP contribution < -0.4 is 5.32 Å². The molecule has 0 aliphatic carbocycles. The monoisotopic (exact) mass is 362 g/mol. The molecule has 0 fully saturated rings. The number of aromatic nitrogens is 3. The van der Waals surface area contributed by atoms with Gasteiger partial charge < -0.3 is 9.88 Å². The fraction of sp³-hybridized carbons (Fsp3) is 0.278. The van der Waals surface area contributed by atoms with E-state index in [1.54, 1.807) is 0 Å². The Kier molecular flexibility index (Phi) is 4.92. The van der Waals surface area contributed by atoms with Crippen LogP contribution >= 0.6 is 0 Å². The van der Waals surface area contributed by atoms with Crippen molar-refractivity contribution in [3.8, 4) is 0 Å². The largest absolute Gasteiger partial charge is 0.449 e. The van der Waals surface area contributed by atoms with E-state index in [0.717, 1.165) is 15.7 Å². The van der Waals surface area contributed by atoms with Crippen molar-refractivity contribution in [1.29, 1.82) is 0 Å². The lowest BCUT2D eigenvalue weighted by molar-refractivity contribution is -0.146. The fourth-order valence-corrected chi connectivity index (χ4v) is 2.74. The number of amides is 1. The highest BCUT2D eigenvalue weighted by atomic mass is 19.4. The second-order valence-corrected chi connectivity index (χ2v) is 5.88. The normalized spacial score (nSPS) is 11.7. The fourth-order valence-electron chi connectivity index (χ4n) is 2.74. The summed E-state index contributed by atoms with van der Waals surface area (Å²) in [7, 11) is 0. The van der Waals surface area contributed by atoms with Crippen LogP contribution in [0.4, 0.5) is 13.2 Å². The lowest BCUT2D eigenvalue weighted by atomic mass is 10.1. The average Bonchev–Trinajstić information content (AvgIpc) is 2.96. The van der Waals surface area contributed by atoms with Gasteiger partial charge in [-0.1, -0.05) is 24.3 Å². The molecule has 0 unspecified atom stereocenters. The first-order chi connectivity index (χ1) is 12.4. The molecule has 0 radical (unpaired) electrons. The Labute approximate surface area is 147 Å². The molecule has 1 amide bonds. The van der Waals surface area contributed by atoms with Crippen molar-refractivity contribution >= 4 is 17.1 Å². The minimum Gasteiger partial charge on any atom is -0.354 e. The van der Waals surface area contributed by atoms with Gasteiger partial charge in [-0.3, -0.25) is 4.79 Å². The average molecular weight is 362 g/mol. The van der Waals surface area contributed by atoms with Crippen LogP contribution in [-0.2, 0) is 23.9 Å². The number of nitrogens with zero attached hydrogens (tertiary/aromatic N) is 3. The zero-order valence-electron chi connectivity index (χ0n) is 14.0. The number of aryl methyl sites for hydroxylation is 1. The summed E-state index contributed by atoms with van der Waals surface area (Å²) in [6.45, 7) is 1.89. The van der Waals surface area contributed by atoms with Crippen molar-refractivity contribution in [3.63, 3.8) is 0 Å². The topological polar surface area (TPSA) is 59.8 Å². The standard InChI is InChI=1S/C18H17F3N4O/c1-12-5-2-3-6-13(12)11-15(26)22-9-10-25-16-14(7-4-8-23-16)24-17(25)18(19,20)21/h2-8H,9-11H2,1H3,(H,22,26). The Bertz CT molecular complexity index is 934. The van der Waals surface area contributed by atoms with E-state index in [4.69, 9.17) is 0 Å². The van der Waals surface area contributed by atoms with Crippen LogP contribution in [-0.4, -0.2) is 27.0 Å². The Hall–Kier alpha value is -2.90. The summed E-state index contributed by atoms with van der Waals surface area (Å²) in [6, 6.07) is 10.5. The maximum Gasteiger partial charge on any atom is 0.449 e. The highest BCUT2D eigenvalue weighted by molar-refractivity contribution is 5.79. The van der Waals surface area contributed by atoms with Gasteiger partial charge in [0.15, 0.2) is 5.65 Å². The van der Waals surface area contributed by atoms with Crippen LogP contribution in [0.25, 0.3) is 11.2 Å². The minimum atomic E-state index is -4.59. The van der Waals surface area contributed by atoms with Crippen molar-refractivity contribution in [2.24, 2.45) is 0 Å². The number of halogens is 3. The number of rotatable bonds is 5. The molecule has 1 aromatic carbocycles. The number of imidazole rings is 1. The predicted octanol–water partition coefficient (Wildman–Crippen LogP) is 3.12. The number of hydrogen-bond donors (Lipinski definition) is 1. The lowest BCUT2D eigenvalue weighted by Gasteiger charge is -2.12. The Morgan fingerprint density at radius 3 is 2.69 bits per heavy atom. The summed E-state index contributed by atoms with van der Waals surface area (Å²) < 4.78 is 40.6. The quantitative estimate of drug-likeness (QED) is 0.759. The summed E-state index contributed by atoms with van der Waals surface area (Å²) in [4.78, 5) is 19.7.